The summed E-state index contributed by atoms with van der Waals surface area (Å²) in [5.41, 5.74) is 4.84. The molecular weight excluding hydrogens is 608 g/mol. The zero-order chi connectivity index (χ0) is 34.2. The quantitative estimate of drug-likeness (QED) is 0.230. The van der Waals surface area contributed by atoms with E-state index < -0.39 is 0 Å². The van der Waals surface area contributed by atoms with Crippen LogP contribution in [0.15, 0.2) is 77.6 Å². The van der Waals surface area contributed by atoms with Crippen molar-refractivity contribution in [2.45, 2.75) is 45.1 Å². The molecule has 2 amide bonds. The molecule has 2 bridgehead atoms. The van der Waals surface area contributed by atoms with Gasteiger partial charge in [0, 0.05) is 66.3 Å². The second-order valence-electron chi connectivity index (χ2n) is 13.5. The predicted octanol–water partition coefficient (Wildman–Crippen LogP) is 6.30. The minimum absolute atomic E-state index is 0.0311. The molecule has 4 aromatic rings. The van der Waals surface area contributed by atoms with Gasteiger partial charge in [0.05, 0.1) is 32.7 Å². The Labute approximate surface area is 280 Å². The van der Waals surface area contributed by atoms with E-state index in [9.17, 15) is 14.4 Å². The lowest BCUT2D eigenvalue weighted by Gasteiger charge is -2.44. The van der Waals surface area contributed by atoms with Crippen LogP contribution in [0.4, 0.5) is 17.1 Å². The van der Waals surface area contributed by atoms with Crippen LogP contribution in [0.3, 0.4) is 0 Å². The predicted molar refractivity (Wildman–Crippen MR) is 187 cm³/mol. The van der Waals surface area contributed by atoms with E-state index in [1.807, 2.05) is 47.0 Å². The van der Waals surface area contributed by atoms with Crippen molar-refractivity contribution in [1.29, 1.82) is 0 Å². The molecule has 10 heteroatoms. The Hall–Kier alpha value is -5.25. The molecule has 2 aliphatic heterocycles. The summed E-state index contributed by atoms with van der Waals surface area (Å²) in [5.74, 6) is 1.04. The molecule has 3 heterocycles. The monoisotopic (exact) mass is 650 g/mol. The van der Waals surface area contributed by atoms with E-state index in [0.29, 0.717) is 52.8 Å². The summed E-state index contributed by atoms with van der Waals surface area (Å²) in [4.78, 5) is 42.2. The Morgan fingerprint density at radius 2 is 1.44 bits per heavy atom. The van der Waals surface area contributed by atoms with Gasteiger partial charge in [0.15, 0.2) is 11.5 Å². The fourth-order valence-corrected chi connectivity index (χ4v) is 6.82. The summed E-state index contributed by atoms with van der Waals surface area (Å²) in [6.45, 7) is 8.44. The first-order chi connectivity index (χ1) is 23.0. The zero-order valence-electron chi connectivity index (χ0n) is 28.3. The van der Waals surface area contributed by atoms with E-state index in [-0.39, 0.29) is 34.6 Å². The van der Waals surface area contributed by atoms with Gasteiger partial charge in [0.1, 0.15) is 0 Å². The molecule has 0 unspecified atom stereocenters. The highest BCUT2D eigenvalue weighted by molar-refractivity contribution is 6.09. The molecule has 10 nitrogen and oxygen atoms in total. The van der Waals surface area contributed by atoms with Gasteiger partial charge in [-0.25, -0.2) is 0 Å². The third-order valence-electron chi connectivity index (χ3n) is 9.26. The first-order valence-corrected chi connectivity index (χ1v) is 16.1. The highest BCUT2D eigenvalue weighted by Crippen LogP contribution is 2.41. The van der Waals surface area contributed by atoms with Crippen LogP contribution < -0.4 is 35.3 Å². The Balaban J connectivity index is 1.33. The van der Waals surface area contributed by atoms with Gasteiger partial charge in [-0.1, -0.05) is 39.0 Å². The Bertz CT molecular complexity index is 1880. The number of amides is 2. The summed E-state index contributed by atoms with van der Waals surface area (Å²) in [5, 5.41) is 6.04. The maximum absolute atomic E-state index is 13.7. The van der Waals surface area contributed by atoms with Crippen LogP contribution in [0.25, 0.3) is 0 Å². The highest BCUT2D eigenvalue weighted by Gasteiger charge is 2.35. The van der Waals surface area contributed by atoms with Crippen molar-refractivity contribution in [2.24, 2.45) is 5.92 Å². The maximum Gasteiger partial charge on any atom is 0.255 e. The van der Waals surface area contributed by atoms with Crippen LogP contribution in [0.2, 0.25) is 0 Å². The summed E-state index contributed by atoms with van der Waals surface area (Å²) in [6, 6.07) is 21.8. The number of ether oxygens (including phenoxy) is 3. The second-order valence-corrected chi connectivity index (χ2v) is 13.5. The number of methoxy groups -OCH3 is 3. The van der Waals surface area contributed by atoms with Crippen molar-refractivity contribution < 1.29 is 23.8 Å². The fraction of sp³-hybridized carbons (Fsp3) is 0.342. The number of piperidine rings is 1. The molecule has 250 valence electrons. The van der Waals surface area contributed by atoms with Crippen LogP contribution >= 0.6 is 0 Å². The molecule has 0 radical (unpaired) electrons. The number of carbonyl (C=O) groups is 2. The number of carbonyl (C=O) groups excluding carboxylic acids is 2. The number of aromatic nitrogens is 1. The number of hydrogen-bond acceptors (Lipinski definition) is 7. The molecule has 0 spiro atoms. The molecule has 6 rings (SSSR count). The Kier molecular flexibility index (Phi) is 8.92. The number of rotatable bonds is 8. The molecule has 1 fully saturated rings. The third-order valence-corrected chi connectivity index (χ3v) is 9.26. The molecule has 2 aliphatic rings. The van der Waals surface area contributed by atoms with E-state index >= 15 is 0 Å². The summed E-state index contributed by atoms with van der Waals surface area (Å²) in [7, 11) is 4.54. The molecule has 0 saturated carbocycles. The molecular formula is C38H42N4O6. The molecule has 2 atom stereocenters. The lowest BCUT2D eigenvalue weighted by Crippen LogP contribution is -2.47. The average Bonchev–Trinajstić information content (AvgIpc) is 3.07. The lowest BCUT2D eigenvalue weighted by atomic mass is 9.83. The number of nitrogens with one attached hydrogen (secondary N) is 2. The van der Waals surface area contributed by atoms with Gasteiger partial charge in [-0.3, -0.25) is 14.4 Å². The van der Waals surface area contributed by atoms with Gasteiger partial charge in [-0.15, -0.1) is 0 Å². The highest BCUT2D eigenvalue weighted by atomic mass is 16.5. The number of anilines is 3. The number of nitrogens with zero attached hydrogens (tertiary/aromatic N) is 2. The molecule has 1 aromatic heterocycles. The molecule has 2 N–H and O–H groups in total. The molecule has 1 saturated heterocycles. The van der Waals surface area contributed by atoms with Gasteiger partial charge in [0.2, 0.25) is 5.75 Å². The van der Waals surface area contributed by atoms with Gasteiger partial charge in [-0.2, -0.15) is 0 Å². The van der Waals surface area contributed by atoms with Crippen LogP contribution in [0.1, 0.15) is 65.1 Å². The van der Waals surface area contributed by atoms with Crippen molar-refractivity contribution >= 4 is 28.9 Å². The first-order valence-electron chi connectivity index (χ1n) is 16.1. The minimum atomic E-state index is -0.371. The maximum atomic E-state index is 13.7. The zero-order valence-corrected chi connectivity index (χ0v) is 28.3. The second kappa shape index (κ2) is 13.1. The lowest BCUT2D eigenvalue weighted by molar-refractivity contribution is 0.101. The largest absolute Gasteiger partial charge is 0.493 e. The van der Waals surface area contributed by atoms with Crippen LogP contribution in [0.5, 0.6) is 17.2 Å². The van der Waals surface area contributed by atoms with E-state index in [2.05, 4.69) is 36.3 Å². The number of fused-ring (bicyclic) bond motifs is 4. The summed E-state index contributed by atoms with van der Waals surface area (Å²) < 4.78 is 18.2. The summed E-state index contributed by atoms with van der Waals surface area (Å²) in [6.07, 6.45) is 0.997. The molecule has 0 aliphatic carbocycles. The standard InChI is InChI=1S/C38H42N4O6/c1-38(2,3)27-13-10-24(11-14-27)36(44)40-29-17-25(37(45)39-28-18-32(46-4)35(48-6)33(19-28)47-5)12-15-31(29)41-20-23-16-26(22-41)30-8-7-9-34(43)42(30)21-23/h7-15,17-19,23,26H,16,20-22H2,1-6H3,(H,39,45)(H,40,44)/t23-,26+/m1/s1. The fourth-order valence-electron chi connectivity index (χ4n) is 6.82. The van der Waals surface area contributed by atoms with E-state index in [0.717, 1.165) is 29.9 Å². The minimum Gasteiger partial charge on any atom is -0.493 e. The van der Waals surface area contributed by atoms with Crippen molar-refractivity contribution in [3.63, 3.8) is 0 Å². The number of benzene rings is 3. The first kappa shape index (κ1) is 32.7. The Morgan fingerprint density at radius 1 is 0.771 bits per heavy atom. The van der Waals surface area contributed by atoms with Crippen molar-refractivity contribution in [3.8, 4) is 17.2 Å². The smallest absolute Gasteiger partial charge is 0.255 e. The van der Waals surface area contributed by atoms with Gasteiger partial charge >= 0.3 is 0 Å². The van der Waals surface area contributed by atoms with E-state index in [4.69, 9.17) is 14.2 Å². The summed E-state index contributed by atoms with van der Waals surface area (Å²) >= 11 is 0. The van der Waals surface area contributed by atoms with Gasteiger partial charge in [0.25, 0.3) is 17.4 Å². The van der Waals surface area contributed by atoms with E-state index in [1.54, 1.807) is 30.3 Å². The van der Waals surface area contributed by atoms with E-state index in [1.165, 1.54) is 21.3 Å². The topological polar surface area (TPSA) is 111 Å². The molecule has 3 aromatic carbocycles. The average molecular weight is 651 g/mol. The normalized spacial score (nSPS) is 16.8. The van der Waals surface area contributed by atoms with Gasteiger partial charge < -0.3 is 34.3 Å². The van der Waals surface area contributed by atoms with Crippen LogP contribution in [0, 0.1) is 5.92 Å². The van der Waals surface area contributed by atoms with Crippen LogP contribution in [-0.4, -0.2) is 50.8 Å². The van der Waals surface area contributed by atoms with Crippen molar-refractivity contribution in [2.75, 3.05) is 50.0 Å². The van der Waals surface area contributed by atoms with Crippen LogP contribution in [-0.2, 0) is 12.0 Å². The molecule has 48 heavy (non-hydrogen) atoms. The Morgan fingerprint density at radius 3 is 2.08 bits per heavy atom. The third kappa shape index (κ3) is 6.47. The van der Waals surface area contributed by atoms with Crippen molar-refractivity contribution in [3.05, 3.63) is 106 Å². The van der Waals surface area contributed by atoms with Gasteiger partial charge in [-0.05, 0) is 59.7 Å². The SMILES string of the molecule is COc1cc(NC(=O)c2ccc(N3C[C@H]4C[C@@H](C3)c3cccc(=O)n3C4)c(NC(=O)c3ccc(C(C)(C)C)cc3)c2)cc(OC)c1OC. The number of pyridine rings is 1. The number of hydrogen-bond donors (Lipinski definition) is 2. The van der Waals surface area contributed by atoms with Crippen molar-refractivity contribution in [1.82, 2.24) is 4.57 Å².